The second-order valence-electron chi connectivity index (χ2n) is 4.20. The SMILES string of the molecule is CNCc1cc(Cl)c(OC(C)C(C)O)c(OC)c1. The Hall–Kier alpha value is -0.970. The van der Waals surface area contributed by atoms with Crippen molar-refractivity contribution in [3.8, 4) is 11.5 Å². The highest BCUT2D eigenvalue weighted by molar-refractivity contribution is 6.32. The summed E-state index contributed by atoms with van der Waals surface area (Å²) in [4.78, 5) is 0. The number of aliphatic hydroxyl groups is 1. The fraction of sp³-hybridized carbons (Fsp3) is 0.538. The van der Waals surface area contributed by atoms with Crippen molar-refractivity contribution in [2.24, 2.45) is 0 Å². The van der Waals surface area contributed by atoms with Gasteiger partial charge in [-0.05, 0) is 38.6 Å². The summed E-state index contributed by atoms with van der Waals surface area (Å²) in [6.45, 7) is 4.14. The van der Waals surface area contributed by atoms with Crippen molar-refractivity contribution in [1.82, 2.24) is 5.32 Å². The molecule has 102 valence electrons. The van der Waals surface area contributed by atoms with Gasteiger partial charge in [0, 0.05) is 6.54 Å². The van der Waals surface area contributed by atoms with Crippen molar-refractivity contribution in [1.29, 1.82) is 0 Å². The minimum absolute atomic E-state index is 0.355. The number of halogens is 1. The van der Waals surface area contributed by atoms with E-state index >= 15 is 0 Å². The van der Waals surface area contributed by atoms with Crippen LogP contribution in [0.15, 0.2) is 12.1 Å². The Morgan fingerprint density at radius 2 is 2.06 bits per heavy atom. The van der Waals surface area contributed by atoms with Gasteiger partial charge in [0.25, 0.3) is 0 Å². The number of aliphatic hydroxyl groups excluding tert-OH is 1. The van der Waals surface area contributed by atoms with E-state index in [1.165, 1.54) is 0 Å². The van der Waals surface area contributed by atoms with Gasteiger partial charge in [-0.15, -0.1) is 0 Å². The van der Waals surface area contributed by atoms with Crippen LogP contribution in [0.3, 0.4) is 0 Å². The standard InChI is InChI=1S/C13H20ClNO3/c1-8(16)9(2)18-13-11(14)5-10(7-15-3)6-12(13)17-4/h5-6,8-9,15-16H,7H2,1-4H3. The molecule has 1 aromatic rings. The fourth-order valence-corrected chi connectivity index (χ4v) is 1.76. The first-order chi connectivity index (χ1) is 8.49. The molecule has 4 nitrogen and oxygen atoms in total. The zero-order valence-electron chi connectivity index (χ0n) is 11.2. The molecule has 1 rings (SSSR count). The summed E-state index contributed by atoms with van der Waals surface area (Å²) in [5.41, 5.74) is 1.01. The van der Waals surface area contributed by atoms with Crippen LogP contribution < -0.4 is 14.8 Å². The Morgan fingerprint density at radius 3 is 2.56 bits per heavy atom. The molecule has 0 aliphatic heterocycles. The maximum absolute atomic E-state index is 9.46. The number of hydrogen-bond acceptors (Lipinski definition) is 4. The summed E-state index contributed by atoms with van der Waals surface area (Å²) < 4.78 is 10.9. The van der Waals surface area contributed by atoms with Crippen molar-refractivity contribution in [2.45, 2.75) is 32.6 Å². The number of benzene rings is 1. The van der Waals surface area contributed by atoms with Gasteiger partial charge < -0.3 is 19.9 Å². The van der Waals surface area contributed by atoms with Gasteiger partial charge in [0.1, 0.15) is 6.10 Å². The van der Waals surface area contributed by atoms with Crippen LogP contribution in [0.1, 0.15) is 19.4 Å². The molecular weight excluding hydrogens is 254 g/mol. The van der Waals surface area contributed by atoms with E-state index < -0.39 is 6.10 Å². The molecule has 5 heteroatoms. The summed E-state index contributed by atoms with van der Waals surface area (Å²) in [6, 6.07) is 3.69. The molecule has 0 aliphatic carbocycles. The zero-order chi connectivity index (χ0) is 13.7. The summed E-state index contributed by atoms with van der Waals surface area (Å²) in [5.74, 6) is 1.03. The molecule has 18 heavy (non-hydrogen) atoms. The van der Waals surface area contributed by atoms with Gasteiger partial charge >= 0.3 is 0 Å². The highest BCUT2D eigenvalue weighted by Crippen LogP contribution is 2.37. The number of nitrogens with one attached hydrogen (secondary N) is 1. The fourth-order valence-electron chi connectivity index (χ4n) is 1.48. The third-order valence-corrected chi connectivity index (χ3v) is 2.93. The molecule has 0 bridgehead atoms. The van der Waals surface area contributed by atoms with E-state index in [0.717, 1.165) is 5.56 Å². The molecule has 0 aliphatic rings. The Balaban J connectivity index is 3.03. The van der Waals surface area contributed by atoms with Crippen LogP contribution in [0.5, 0.6) is 11.5 Å². The lowest BCUT2D eigenvalue weighted by Gasteiger charge is -2.20. The molecule has 0 spiro atoms. The predicted molar refractivity (Wildman–Crippen MR) is 72.5 cm³/mol. The maximum Gasteiger partial charge on any atom is 0.180 e. The first-order valence-corrected chi connectivity index (χ1v) is 6.23. The van der Waals surface area contributed by atoms with Crippen LogP contribution in [0.2, 0.25) is 5.02 Å². The topological polar surface area (TPSA) is 50.7 Å². The van der Waals surface area contributed by atoms with Crippen molar-refractivity contribution in [3.05, 3.63) is 22.7 Å². The van der Waals surface area contributed by atoms with Crippen LogP contribution in [0.25, 0.3) is 0 Å². The summed E-state index contributed by atoms with van der Waals surface area (Å²) in [5, 5.41) is 13.0. The smallest absolute Gasteiger partial charge is 0.180 e. The molecule has 1 aromatic carbocycles. The second kappa shape index (κ2) is 6.83. The van der Waals surface area contributed by atoms with Crippen molar-refractivity contribution in [2.75, 3.05) is 14.2 Å². The van der Waals surface area contributed by atoms with E-state index in [9.17, 15) is 5.11 Å². The van der Waals surface area contributed by atoms with E-state index in [-0.39, 0.29) is 6.10 Å². The predicted octanol–water partition coefficient (Wildman–Crippen LogP) is 2.22. The van der Waals surface area contributed by atoms with Crippen molar-refractivity contribution >= 4 is 11.6 Å². The molecule has 0 aromatic heterocycles. The highest BCUT2D eigenvalue weighted by atomic mass is 35.5. The number of rotatable bonds is 6. The van der Waals surface area contributed by atoms with Crippen molar-refractivity contribution < 1.29 is 14.6 Å². The van der Waals surface area contributed by atoms with Gasteiger partial charge in [-0.2, -0.15) is 0 Å². The van der Waals surface area contributed by atoms with Gasteiger partial charge in [0.15, 0.2) is 11.5 Å². The summed E-state index contributed by atoms with van der Waals surface area (Å²) >= 11 is 6.18. The third-order valence-electron chi connectivity index (χ3n) is 2.65. The number of ether oxygens (including phenoxy) is 2. The molecule has 0 amide bonds. The highest BCUT2D eigenvalue weighted by Gasteiger charge is 2.17. The molecule has 0 heterocycles. The summed E-state index contributed by atoms with van der Waals surface area (Å²) in [7, 11) is 3.43. The maximum atomic E-state index is 9.46. The van der Waals surface area contributed by atoms with Gasteiger partial charge in [0.2, 0.25) is 0 Å². The van der Waals surface area contributed by atoms with Crippen LogP contribution in [-0.4, -0.2) is 31.5 Å². The first-order valence-electron chi connectivity index (χ1n) is 5.85. The molecule has 0 radical (unpaired) electrons. The normalized spacial score (nSPS) is 14.1. The average Bonchev–Trinajstić information content (AvgIpc) is 2.32. The van der Waals surface area contributed by atoms with Crippen LogP contribution in [0.4, 0.5) is 0 Å². The van der Waals surface area contributed by atoms with Crippen molar-refractivity contribution in [3.63, 3.8) is 0 Å². The number of methoxy groups -OCH3 is 1. The minimum Gasteiger partial charge on any atom is -0.493 e. The molecule has 0 fully saturated rings. The Bertz CT molecular complexity index is 396. The molecule has 0 saturated carbocycles. The van der Waals surface area contributed by atoms with E-state index in [2.05, 4.69) is 5.32 Å². The van der Waals surface area contributed by atoms with E-state index in [1.54, 1.807) is 21.0 Å². The monoisotopic (exact) mass is 273 g/mol. The number of hydrogen-bond donors (Lipinski definition) is 2. The largest absolute Gasteiger partial charge is 0.493 e. The van der Waals surface area contributed by atoms with E-state index in [0.29, 0.717) is 23.1 Å². The molecule has 0 saturated heterocycles. The van der Waals surface area contributed by atoms with Gasteiger partial charge in [-0.25, -0.2) is 0 Å². The molecule has 2 N–H and O–H groups in total. The lowest BCUT2D eigenvalue weighted by Crippen LogP contribution is -2.26. The summed E-state index contributed by atoms with van der Waals surface area (Å²) in [6.07, 6.45) is -0.936. The lowest BCUT2D eigenvalue weighted by molar-refractivity contribution is 0.0587. The van der Waals surface area contributed by atoms with Crippen LogP contribution in [-0.2, 0) is 6.54 Å². The van der Waals surface area contributed by atoms with Crippen LogP contribution in [0, 0.1) is 0 Å². The van der Waals surface area contributed by atoms with Gasteiger partial charge in [-0.1, -0.05) is 11.6 Å². The Morgan fingerprint density at radius 1 is 1.39 bits per heavy atom. The van der Waals surface area contributed by atoms with Gasteiger partial charge in [-0.3, -0.25) is 0 Å². The minimum atomic E-state index is -0.581. The third kappa shape index (κ3) is 3.77. The van der Waals surface area contributed by atoms with Gasteiger partial charge in [0.05, 0.1) is 18.2 Å². The lowest BCUT2D eigenvalue weighted by atomic mass is 10.2. The first kappa shape index (κ1) is 15.1. The average molecular weight is 274 g/mol. The Kier molecular flexibility index (Phi) is 5.72. The molecule has 2 unspecified atom stereocenters. The second-order valence-corrected chi connectivity index (χ2v) is 4.61. The van der Waals surface area contributed by atoms with E-state index in [4.69, 9.17) is 21.1 Å². The Labute approximate surface area is 113 Å². The van der Waals surface area contributed by atoms with Crippen LogP contribution >= 0.6 is 11.6 Å². The molecular formula is C13H20ClNO3. The van der Waals surface area contributed by atoms with E-state index in [1.807, 2.05) is 19.2 Å². The zero-order valence-corrected chi connectivity index (χ0v) is 11.9. The molecule has 2 atom stereocenters. The quantitative estimate of drug-likeness (QED) is 0.834.